The lowest BCUT2D eigenvalue weighted by atomic mass is 9.73. The number of Topliss-reactive ketones (excluding diaryl/α,β-unsaturated/α-hetero) is 1. The van der Waals surface area contributed by atoms with Gasteiger partial charge in [-0.05, 0) is 42.9 Å². The van der Waals surface area contributed by atoms with Crippen LogP contribution in [0, 0.1) is 29.1 Å². The van der Waals surface area contributed by atoms with Crippen molar-refractivity contribution >= 4 is 5.78 Å². The highest BCUT2D eigenvalue weighted by atomic mass is 16.1. The Morgan fingerprint density at radius 1 is 1.13 bits per heavy atom. The molecule has 0 aromatic carbocycles. The van der Waals surface area contributed by atoms with Gasteiger partial charge in [0.1, 0.15) is 5.78 Å². The molecule has 0 aliphatic heterocycles. The molecule has 1 nitrogen and oxygen atoms in total. The van der Waals surface area contributed by atoms with Crippen LogP contribution < -0.4 is 0 Å². The molecule has 15 heavy (non-hydrogen) atoms. The third-order valence-corrected chi connectivity index (χ3v) is 4.86. The first kappa shape index (κ1) is 11.2. The van der Waals surface area contributed by atoms with Crippen LogP contribution >= 0.6 is 0 Å². The monoisotopic (exact) mass is 208 g/mol. The highest BCUT2D eigenvalue weighted by molar-refractivity contribution is 5.86. The molecule has 1 heteroatoms. The summed E-state index contributed by atoms with van der Waals surface area (Å²) in [6.07, 6.45) is 4.68. The first-order chi connectivity index (χ1) is 6.92. The van der Waals surface area contributed by atoms with Crippen LogP contribution in [0.4, 0.5) is 0 Å². The van der Waals surface area contributed by atoms with E-state index in [0.29, 0.717) is 23.0 Å². The first-order valence-electron chi connectivity index (χ1n) is 6.45. The molecule has 2 fully saturated rings. The van der Waals surface area contributed by atoms with Crippen molar-refractivity contribution in [2.24, 2.45) is 29.1 Å². The second-order valence-corrected chi connectivity index (χ2v) is 6.61. The van der Waals surface area contributed by atoms with Crippen LogP contribution in [0.2, 0.25) is 0 Å². The molecule has 0 N–H and O–H groups in total. The molecular formula is C14H24O. The molecule has 0 amide bonds. The summed E-state index contributed by atoms with van der Waals surface area (Å²) in [5.41, 5.74) is 0.323. The van der Waals surface area contributed by atoms with Gasteiger partial charge >= 0.3 is 0 Å². The van der Waals surface area contributed by atoms with E-state index in [2.05, 4.69) is 27.7 Å². The lowest BCUT2D eigenvalue weighted by Crippen LogP contribution is -2.28. The van der Waals surface area contributed by atoms with Gasteiger partial charge in [-0.1, -0.05) is 27.7 Å². The van der Waals surface area contributed by atoms with Gasteiger partial charge in [0, 0.05) is 11.8 Å². The predicted octanol–water partition coefficient (Wildman–Crippen LogP) is 3.67. The summed E-state index contributed by atoms with van der Waals surface area (Å²) in [5, 5.41) is 0. The van der Waals surface area contributed by atoms with Crippen LogP contribution in [0.3, 0.4) is 0 Å². The SMILES string of the molecule is CC1CCC(C(=O)C2CC2(C)C)CC1C. The topological polar surface area (TPSA) is 17.1 Å². The van der Waals surface area contributed by atoms with Crippen LogP contribution in [0.1, 0.15) is 53.4 Å². The fourth-order valence-corrected chi connectivity index (χ4v) is 3.04. The van der Waals surface area contributed by atoms with Crippen LogP contribution in [-0.2, 0) is 4.79 Å². The summed E-state index contributed by atoms with van der Waals surface area (Å²) in [6, 6.07) is 0. The zero-order valence-corrected chi connectivity index (χ0v) is 10.5. The molecule has 2 aliphatic rings. The quantitative estimate of drug-likeness (QED) is 0.676. The van der Waals surface area contributed by atoms with E-state index in [0.717, 1.165) is 31.1 Å². The molecule has 0 heterocycles. The molecule has 4 unspecified atom stereocenters. The predicted molar refractivity (Wildman–Crippen MR) is 62.6 cm³/mol. The standard InChI is InChI=1S/C14H24O/c1-9-5-6-11(7-10(9)2)13(15)12-8-14(12,3)4/h9-12H,5-8H2,1-4H3. The number of rotatable bonds is 2. The minimum atomic E-state index is 0.323. The average Bonchev–Trinajstić information content (AvgIpc) is 2.79. The van der Waals surface area contributed by atoms with E-state index >= 15 is 0 Å². The summed E-state index contributed by atoms with van der Waals surface area (Å²) in [4.78, 5) is 12.2. The molecule has 4 atom stereocenters. The van der Waals surface area contributed by atoms with Crippen LogP contribution in [-0.4, -0.2) is 5.78 Å². The van der Waals surface area contributed by atoms with Crippen molar-refractivity contribution in [2.45, 2.75) is 53.4 Å². The second kappa shape index (κ2) is 3.61. The molecular weight excluding hydrogens is 184 g/mol. The van der Waals surface area contributed by atoms with E-state index in [1.165, 1.54) is 6.42 Å². The fraction of sp³-hybridized carbons (Fsp3) is 0.929. The Hall–Kier alpha value is -0.330. The van der Waals surface area contributed by atoms with Crippen molar-refractivity contribution in [2.75, 3.05) is 0 Å². The molecule has 86 valence electrons. The van der Waals surface area contributed by atoms with Gasteiger partial charge in [-0.25, -0.2) is 0 Å². The van der Waals surface area contributed by atoms with Gasteiger partial charge in [0.25, 0.3) is 0 Å². The molecule has 0 spiro atoms. The largest absolute Gasteiger partial charge is 0.299 e. The van der Waals surface area contributed by atoms with E-state index in [1.54, 1.807) is 0 Å². The van der Waals surface area contributed by atoms with Gasteiger partial charge in [-0.15, -0.1) is 0 Å². The highest BCUT2D eigenvalue weighted by Gasteiger charge is 2.52. The van der Waals surface area contributed by atoms with Crippen molar-refractivity contribution < 1.29 is 4.79 Å². The molecule has 0 saturated heterocycles. The zero-order chi connectivity index (χ0) is 11.2. The third kappa shape index (κ3) is 2.11. The van der Waals surface area contributed by atoms with E-state index in [4.69, 9.17) is 0 Å². The maximum atomic E-state index is 12.2. The summed E-state index contributed by atoms with van der Waals surface area (Å²) >= 11 is 0. The third-order valence-electron chi connectivity index (χ3n) is 4.86. The van der Waals surface area contributed by atoms with Gasteiger partial charge in [0.2, 0.25) is 0 Å². The second-order valence-electron chi connectivity index (χ2n) is 6.61. The van der Waals surface area contributed by atoms with Gasteiger partial charge in [-0.3, -0.25) is 4.79 Å². The van der Waals surface area contributed by atoms with Crippen molar-refractivity contribution in [3.8, 4) is 0 Å². The van der Waals surface area contributed by atoms with Crippen molar-refractivity contribution in [1.29, 1.82) is 0 Å². The normalized spacial score (nSPS) is 43.7. The van der Waals surface area contributed by atoms with E-state index in [1.807, 2.05) is 0 Å². The number of carbonyl (C=O) groups is 1. The summed E-state index contributed by atoms with van der Waals surface area (Å²) in [5.74, 6) is 2.93. The summed E-state index contributed by atoms with van der Waals surface area (Å²) in [6.45, 7) is 9.09. The Labute approximate surface area is 93.6 Å². The Kier molecular flexibility index (Phi) is 2.68. The smallest absolute Gasteiger partial charge is 0.139 e. The lowest BCUT2D eigenvalue weighted by molar-refractivity contribution is -0.126. The molecule has 0 radical (unpaired) electrons. The summed E-state index contributed by atoms with van der Waals surface area (Å²) in [7, 11) is 0. The fourth-order valence-electron chi connectivity index (χ4n) is 3.04. The van der Waals surface area contributed by atoms with Gasteiger partial charge < -0.3 is 0 Å². The lowest BCUT2D eigenvalue weighted by Gasteiger charge is -2.31. The molecule has 2 rings (SSSR count). The zero-order valence-electron chi connectivity index (χ0n) is 10.5. The highest BCUT2D eigenvalue weighted by Crippen LogP contribution is 2.54. The molecule has 0 bridgehead atoms. The minimum absolute atomic E-state index is 0.323. The van der Waals surface area contributed by atoms with E-state index in [9.17, 15) is 4.79 Å². The van der Waals surface area contributed by atoms with Gasteiger partial charge in [0.05, 0.1) is 0 Å². The number of ketones is 1. The minimum Gasteiger partial charge on any atom is -0.299 e. The number of hydrogen-bond donors (Lipinski definition) is 0. The Balaban J connectivity index is 1.92. The van der Waals surface area contributed by atoms with Crippen LogP contribution in [0.15, 0.2) is 0 Å². The van der Waals surface area contributed by atoms with E-state index in [-0.39, 0.29) is 0 Å². The average molecular weight is 208 g/mol. The number of carbonyl (C=O) groups excluding carboxylic acids is 1. The van der Waals surface area contributed by atoms with Crippen LogP contribution in [0.25, 0.3) is 0 Å². The Morgan fingerprint density at radius 2 is 1.73 bits per heavy atom. The van der Waals surface area contributed by atoms with Gasteiger partial charge in [-0.2, -0.15) is 0 Å². The Morgan fingerprint density at radius 3 is 2.20 bits per heavy atom. The summed E-state index contributed by atoms with van der Waals surface area (Å²) < 4.78 is 0. The molecule has 2 saturated carbocycles. The number of hydrogen-bond acceptors (Lipinski definition) is 1. The maximum Gasteiger partial charge on any atom is 0.139 e. The Bertz CT molecular complexity index is 267. The molecule has 0 aromatic rings. The van der Waals surface area contributed by atoms with Crippen molar-refractivity contribution in [3.63, 3.8) is 0 Å². The van der Waals surface area contributed by atoms with E-state index < -0.39 is 0 Å². The first-order valence-corrected chi connectivity index (χ1v) is 6.45. The maximum absolute atomic E-state index is 12.2. The van der Waals surface area contributed by atoms with Gasteiger partial charge in [0.15, 0.2) is 0 Å². The van der Waals surface area contributed by atoms with Crippen LogP contribution in [0.5, 0.6) is 0 Å². The molecule has 2 aliphatic carbocycles. The van der Waals surface area contributed by atoms with Crippen molar-refractivity contribution in [3.05, 3.63) is 0 Å². The van der Waals surface area contributed by atoms with Crippen molar-refractivity contribution in [1.82, 2.24) is 0 Å². The molecule has 0 aromatic heterocycles.